The molecule has 3 aromatic carbocycles. The zero-order valence-corrected chi connectivity index (χ0v) is 20.5. The number of carboxylic acid groups (broad SMARTS) is 1. The number of rotatable bonds is 9. The molecule has 2 heterocycles. The topological polar surface area (TPSA) is 113 Å². The summed E-state index contributed by atoms with van der Waals surface area (Å²) in [6.07, 6.45) is -0.389. The molecule has 4 aromatic rings. The van der Waals surface area contributed by atoms with E-state index in [-0.39, 0.29) is 17.3 Å². The van der Waals surface area contributed by atoms with Gasteiger partial charge in [0.15, 0.2) is 5.13 Å². The van der Waals surface area contributed by atoms with Crippen molar-refractivity contribution in [1.82, 2.24) is 10.3 Å². The minimum atomic E-state index is -1.30. The molecule has 1 saturated heterocycles. The van der Waals surface area contributed by atoms with Crippen molar-refractivity contribution in [3.8, 4) is 0 Å². The van der Waals surface area contributed by atoms with E-state index < -0.39 is 17.6 Å². The van der Waals surface area contributed by atoms with Crippen LogP contribution in [0.1, 0.15) is 28.8 Å². The van der Waals surface area contributed by atoms with Gasteiger partial charge in [0, 0.05) is 18.3 Å². The highest BCUT2D eigenvalue weighted by Crippen LogP contribution is 2.40. The van der Waals surface area contributed by atoms with Crippen molar-refractivity contribution >= 4 is 34.1 Å². The minimum Gasteiger partial charge on any atom is -0.476 e. The molecule has 186 valence electrons. The van der Waals surface area contributed by atoms with Crippen molar-refractivity contribution in [3.05, 3.63) is 119 Å². The maximum Gasteiger partial charge on any atom is 0.360 e. The molecule has 5 rings (SSSR count). The van der Waals surface area contributed by atoms with Gasteiger partial charge in [0.1, 0.15) is 11.2 Å². The molecular weight excluding hydrogens is 488 g/mol. The summed E-state index contributed by atoms with van der Waals surface area (Å²) in [6.45, 7) is 0.465. The molecule has 0 bridgehead atoms. The van der Waals surface area contributed by atoms with Crippen LogP contribution in [-0.2, 0) is 20.0 Å². The highest BCUT2D eigenvalue weighted by atomic mass is 32.1. The molecule has 1 unspecified atom stereocenters. The Morgan fingerprint density at radius 3 is 1.97 bits per heavy atom. The van der Waals surface area contributed by atoms with Gasteiger partial charge in [-0.15, -0.1) is 11.3 Å². The van der Waals surface area contributed by atoms with Crippen molar-refractivity contribution in [3.63, 3.8) is 0 Å². The molecule has 37 heavy (non-hydrogen) atoms. The maximum atomic E-state index is 12.0. The van der Waals surface area contributed by atoms with Crippen LogP contribution in [0.4, 0.5) is 5.13 Å². The van der Waals surface area contributed by atoms with Crippen LogP contribution in [0.3, 0.4) is 0 Å². The van der Waals surface area contributed by atoms with E-state index >= 15 is 0 Å². The lowest BCUT2D eigenvalue weighted by Gasteiger charge is -2.36. The van der Waals surface area contributed by atoms with E-state index in [1.165, 1.54) is 11.3 Å². The monoisotopic (exact) mass is 512 g/mol. The predicted octanol–water partition coefficient (Wildman–Crippen LogP) is 4.24. The van der Waals surface area contributed by atoms with Gasteiger partial charge in [-0.3, -0.25) is 4.79 Å². The zero-order valence-electron chi connectivity index (χ0n) is 19.7. The summed E-state index contributed by atoms with van der Waals surface area (Å²) in [7, 11) is 0. The van der Waals surface area contributed by atoms with E-state index in [2.05, 4.69) is 20.8 Å². The van der Waals surface area contributed by atoms with Crippen molar-refractivity contribution < 1.29 is 19.5 Å². The van der Waals surface area contributed by atoms with Gasteiger partial charge in [-0.2, -0.15) is 0 Å². The molecule has 8 nitrogen and oxygen atoms in total. The molecule has 3 N–H and O–H groups in total. The number of carbonyl (C=O) groups is 2. The number of carboxylic acids is 1. The first kappa shape index (κ1) is 24.2. The van der Waals surface area contributed by atoms with Gasteiger partial charge in [0.05, 0.1) is 0 Å². The fourth-order valence-electron chi connectivity index (χ4n) is 4.36. The summed E-state index contributed by atoms with van der Waals surface area (Å²) >= 11 is 1.26. The highest BCUT2D eigenvalue weighted by molar-refractivity contribution is 7.14. The van der Waals surface area contributed by atoms with Crippen LogP contribution in [0.2, 0.25) is 0 Å². The number of aliphatic carboxylic acids is 1. The Morgan fingerprint density at radius 1 is 0.973 bits per heavy atom. The molecule has 0 spiro atoms. The second-order valence-corrected chi connectivity index (χ2v) is 9.29. The van der Waals surface area contributed by atoms with Gasteiger partial charge in [-0.1, -0.05) is 96.2 Å². The molecular formula is C28H24N4O4S. The first-order valence-electron chi connectivity index (χ1n) is 11.7. The Bertz CT molecular complexity index is 1310. The average Bonchev–Trinajstić information content (AvgIpc) is 3.57. The lowest BCUT2D eigenvalue weighted by atomic mass is 9.77. The Kier molecular flexibility index (Phi) is 6.96. The number of hydrogen-bond donors (Lipinski definition) is 3. The van der Waals surface area contributed by atoms with E-state index in [4.69, 9.17) is 4.84 Å². The lowest BCUT2D eigenvalue weighted by Crippen LogP contribution is -2.38. The van der Waals surface area contributed by atoms with Gasteiger partial charge in [-0.25, -0.2) is 9.78 Å². The second kappa shape index (κ2) is 10.6. The molecule has 1 aromatic heterocycles. The van der Waals surface area contributed by atoms with Crippen LogP contribution in [0.15, 0.2) is 102 Å². The highest BCUT2D eigenvalue weighted by Gasteiger charge is 2.37. The summed E-state index contributed by atoms with van der Waals surface area (Å²) in [5, 5.41) is 21.9. The quantitative estimate of drug-likeness (QED) is 0.176. The molecule has 1 atom stereocenters. The summed E-state index contributed by atoms with van der Waals surface area (Å²) in [6, 6.07) is 30.1. The third-order valence-electron chi connectivity index (χ3n) is 6.13. The first-order chi connectivity index (χ1) is 18.1. The number of thiazole rings is 1. The molecule has 0 saturated carbocycles. The maximum absolute atomic E-state index is 12.0. The van der Waals surface area contributed by atoms with Crippen LogP contribution in [-0.4, -0.2) is 40.3 Å². The number of nitrogens with zero attached hydrogens (tertiary/aromatic N) is 2. The summed E-state index contributed by atoms with van der Waals surface area (Å²) in [4.78, 5) is 33.6. The van der Waals surface area contributed by atoms with E-state index in [9.17, 15) is 14.7 Å². The fraction of sp³-hybridized carbons (Fsp3) is 0.143. The van der Waals surface area contributed by atoms with Crippen LogP contribution in [0.25, 0.3) is 0 Å². The van der Waals surface area contributed by atoms with Crippen LogP contribution >= 0.6 is 11.3 Å². The number of carbonyl (C=O) groups excluding carboxylic acids is 1. The number of amides is 1. The van der Waals surface area contributed by atoms with Crippen LogP contribution < -0.4 is 10.6 Å². The normalized spacial score (nSPS) is 15.7. The number of oxime groups is 1. The number of hydrogen-bond acceptors (Lipinski definition) is 7. The standard InChI is InChI=1S/C28H24N4O4S/c33-25-23(16-17-29-25)36-32-24(26(34)35)22-18-37-27(30-22)31-28(19-10-4-1-5-11-19,20-12-6-2-7-13-20)21-14-8-3-9-15-21/h1-15,18,23H,16-17H2,(H,29,33)(H,30,31)(H,34,35)/b32-24+. The van der Waals surface area contributed by atoms with E-state index in [0.717, 1.165) is 16.7 Å². The van der Waals surface area contributed by atoms with Crippen molar-refractivity contribution in [2.45, 2.75) is 18.1 Å². The molecule has 1 amide bonds. The Hall–Kier alpha value is -4.50. The van der Waals surface area contributed by atoms with E-state index in [0.29, 0.717) is 18.1 Å². The molecule has 1 fully saturated rings. The average molecular weight is 513 g/mol. The molecule has 1 aliphatic heterocycles. The van der Waals surface area contributed by atoms with Gasteiger partial charge in [-0.05, 0) is 16.7 Å². The van der Waals surface area contributed by atoms with Gasteiger partial charge < -0.3 is 20.6 Å². The van der Waals surface area contributed by atoms with Crippen LogP contribution in [0, 0.1) is 0 Å². The molecule has 9 heteroatoms. The SMILES string of the molecule is O=C(O)/C(=N/OC1CCNC1=O)c1csc(NC(c2ccccc2)(c2ccccc2)c2ccccc2)n1. The van der Waals surface area contributed by atoms with Gasteiger partial charge >= 0.3 is 5.97 Å². The Balaban J connectivity index is 1.57. The summed E-state index contributed by atoms with van der Waals surface area (Å²) in [5.41, 5.74) is 1.94. The first-order valence-corrected chi connectivity index (χ1v) is 12.6. The van der Waals surface area contributed by atoms with Crippen molar-refractivity contribution in [1.29, 1.82) is 0 Å². The molecule has 0 radical (unpaired) electrons. The summed E-state index contributed by atoms with van der Waals surface area (Å²) < 4.78 is 0. The summed E-state index contributed by atoms with van der Waals surface area (Å²) in [5.74, 6) is -1.61. The number of aromatic nitrogens is 1. The molecule has 0 aliphatic carbocycles. The zero-order chi connectivity index (χ0) is 25.7. The van der Waals surface area contributed by atoms with Gasteiger partial charge in [0.25, 0.3) is 5.91 Å². The fourth-order valence-corrected chi connectivity index (χ4v) is 5.12. The molecule has 1 aliphatic rings. The predicted molar refractivity (Wildman–Crippen MR) is 142 cm³/mol. The second-order valence-electron chi connectivity index (χ2n) is 8.43. The lowest BCUT2D eigenvalue weighted by molar-refractivity contribution is -0.131. The van der Waals surface area contributed by atoms with E-state index in [1.54, 1.807) is 5.38 Å². The van der Waals surface area contributed by atoms with Crippen molar-refractivity contribution in [2.24, 2.45) is 5.16 Å². The number of nitrogens with one attached hydrogen (secondary N) is 2. The number of anilines is 1. The van der Waals surface area contributed by atoms with E-state index in [1.807, 2.05) is 91.0 Å². The smallest absolute Gasteiger partial charge is 0.360 e. The van der Waals surface area contributed by atoms with Gasteiger partial charge in [0.2, 0.25) is 11.8 Å². The number of benzene rings is 3. The van der Waals surface area contributed by atoms with Crippen LogP contribution in [0.5, 0.6) is 0 Å². The minimum absolute atomic E-state index is 0.140. The van der Waals surface area contributed by atoms with Crippen molar-refractivity contribution in [2.75, 3.05) is 11.9 Å². The largest absolute Gasteiger partial charge is 0.476 e. The third kappa shape index (κ3) is 4.94. The Labute approximate surface area is 217 Å². The Morgan fingerprint density at radius 2 is 1.51 bits per heavy atom. The third-order valence-corrected chi connectivity index (χ3v) is 6.89.